The molecule has 4 aromatic carbocycles. The highest BCUT2D eigenvalue weighted by Crippen LogP contribution is 2.39. The van der Waals surface area contributed by atoms with Crippen molar-refractivity contribution in [3.05, 3.63) is 145 Å². The second-order valence-corrected chi connectivity index (χ2v) is 25.0. The highest BCUT2D eigenvalue weighted by atomic mass is 28.4. The first-order valence-corrected chi connectivity index (χ1v) is 23.2. The molecule has 9 heteroatoms. The molecule has 4 rings (SSSR count). The molecule has 0 aromatic heterocycles. The predicted octanol–water partition coefficient (Wildman–Crippen LogP) is 10.3. The van der Waals surface area contributed by atoms with Gasteiger partial charge in [-0.05, 0) is 56.8 Å². The van der Waals surface area contributed by atoms with E-state index in [4.69, 9.17) is 14.0 Å². The summed E-state index contributed by atoms with van der Waals surface area (Å²) in [5.74, 6) is -2.83. The first-order valence-electron chi connectivity index (χ1n) is 19.4. The predicted molar refractivity (Wildman–Crippen MR) is 246 cm³/mol. The van der Waals surface area contributed by atoms with Gasteiger partial charge in [0.1, 0.15) is 5.83 Å². The van der Waals surface area contributed by atoms with E-state index in [0.717, 1.165) is 10.4 Å². The molecule has 318 valence electrons. The lowest BCUT2D eigenvalue weighted by molar-refractivity contribution is -0.137. The maximum Gasteiger partial charge on any atom is 0.366 e. The summed E-state index contributed by atoms with van der Waals surface area (Å²) in [4.78, 5) is 11.5. The van der Waals surface area contributed by atoms with Gasteiger partial charge in [-0.3, -0.25) is 0 Å². The van der Waals surface area contributed by atoms with Gasteiger partial charge in [-0.1, -0.05) is 192 Å². The lowest BCUT2D eigenvalue weighted by Crippen LogP contribution is -2.67. The zero-order valence-electron chi connectivity index (χ0n) is 35.1. The number of ether oxygens (including phenoxy) is 1. The van der Waals surface area contributed by atoms with Crippen LogP contribution in [0.2, 0.25) is 10.1 Å². The van der Waals surface area contributed by atoms with Gasteiger partial charge in [-0.25, -0.2) is 9.18 Å². The summed E-state index contributed by atoms with van der Waals surface area (Å²) in [5, 5.41) is 13.4. The van der Waals surface area contributed by atoms with Gasteiger partial charge in [0.2, 0.25) is 5.83 Å². The topological polar surface area (TPSA) is 65.0 Å². The van der Waals surface area contributed by atoms with Crippen molar-refractivity contribution < 1.29 is 32.3 Å². The van der Waals surface area contributed by atoms with E-state index in [2.05, 4.69) is 119 Å². The molecule has 0 saturated heterocycles. The van der Waals surface area contributed by atoms with Crippen LogP contribution in [0.25, 0.3) is 0 Å². The zero-order chi connectivity index (χ0) is 41.7. The van der Waals surface area contributed by atoms with Gasteiger partial charge in [-0.2, -0.15) is 4.39 Å². The number of hydrogen-bond donors (Lipinski definition) is 1. The second-order valence-electron chi connectivity index (χ2n) is 16.5. The molecule has 4 atom stereocenters. The summed E-state index contributed by atoms with van der Waals surface area (Å²) in [6, 6.07) is 41.4. The molecule has 0 aliphatic carbocycles. The maximum atomic E-state index is 14.1. The number of carbonyl (C=O) groups excluding carboxylic acids is 1. The Morgan fingerprint density at radius 3 is 1.10 bits per heavy atom. The van der Waals surface area contributed by atoms with Crippen LogP contribution in [0.3, 0.4) is 0 Å². The van der Waals surface area contributed by atoms with Crippen LogP contribution >= 0.6 is 0 Å². The van der Waals surface area contributed by atoms with Gasteiger partial charge in [0, 0.05) is 24.0 Å². The van der Waals surface area contributed by atoms with E-state index in [9.17, 15) is 13.6 Å². The number of hydrogen-bond acceptors (Lipinski definition) is 5. The minimum absolute atomic E-state index is 0. The molecule has 0 saturated carbocycles. The van der Waals surface area contributed by atoms with Crippen molar-refractivity contribution in [2.24, 2.45) is 11.8 Å². The fraction of sp³-hybridized carbons (Fsp3) is 0.408. The Labute approximate surface area is 351 Å². The van der Waals surface area contributed by atoms with E-state index in [-0.39, 0.29) is 49.0 Å². The van der Waals surface area contributed by atoms with E-state index in [1.165, 1.54) is 29.6 Å². The molecule has 1 N–H and O–H groups in total. The Kier molecular flexibility index (Phi) is 20.6. The van der Waals surface area contributed by atoms with Gasteiger partial charge < -0.3 is 18.7 Å². The number of rotatable bonds is 14. The molecule has 0 aliphatic heterocycles. The van der Waals surface area contributed by atoms with Crippen LogP contribution in [-0.4, -0.2) is 53.6 Å². The van der Waals surface area contributed by atoms with E-state index < -0.39 is 40.9 Å². The SMILES string of the molecule is C.C.COC(=O)/C(F)=C\[C@@H](C)[C@H](C)O[Si](c1ccccc1)(c1ccccc1)C(C)(C)C.C[C@H](/C=C(/F)CO)[C@H](C)O[Si](c1ccccc1)(c1ccccc1)C(C)(C)C. The minimum atomic E-state index is -2.73. The number of benzene rings is 4. The summed E-state index contributed by atoms with van der Waals surface area (Å²) >= 11 is 0. The molecule has 5 nitrogen and oxygen atoms in total. The van der Waals surface area contributed by atoms with E-state index in [1.54, 1.807) is 0 Å². The van der Waals surface area contributed by atoms with Crippen LogP contribution < -0.4 is 20.7 Å². The molecule has 0 unspecified atom stereocenters. The minimum Gasteiger partial charge on any atom is -0.464 e. The molecule has 0 bridgehead atoms. The van der Waals surface area contributed by atoms with Crippen molar-refractivity contribution in [1.29, 1.82) is 0 Å². The first kappa shape index (κ1) is 52.0. The average molecular weight is 833 g/mol. The van der Waals surface area contributed by atoms with Crippen LogP contribution in [0, 0.1) is 11.8 Å². The maximum absolute atomic E-state index is 14.1. The van der Waals surface area contributed by atoms with E-state index in [0.29, 0.717) is 0 Å². The number of carbonyl (C=O) groups is 1. The summed E-state index contributed by atoms with van der Waals surface area (Å²) in [6.45, 7) is 20.4. The number of halogens is 2. The van der Waals surface area contributed by atoms with Gasteiger partial charge in [0.15, 0.2) is 0 Å². The number of methoxy groups -OCH3 is 1. The molecule has 0 spiro atoms. The third kappa shape index (κ3) is 12.5. The largest absolute Gasteiger partial charge is 0.464 e. The smallest absolute Gasteiger partial charge is 0.366 e. The van der Waals surface area contributed by atoms with Crippen molar-refractivity contribution in [3.8, 4) is 0 Å². The average Bonchev–Trinajstić information content (AvgIpc) is 3.18. The summed E-state index contributed by atoms with van der Waals surface area (Å²) in [5.41, 5.74) is 0. The molecule has 0 radical (unpaired) electrons. The molecule has 4 aromatic rings. The molecule has 0 amide bonds. The third-order valence-electron chi connectivity index (χ3n) is 10.4. The van der Waals surface area contributed by atoms with Crippen molar-refractivity contribution in [1.82, 2.24) is 0 Å². The second kappa shape index (κ2) is 23.0. The summed E-state index contributed by atoms with van der Waals surface area (Å²) < 4.78 is 46.0. The summed E-state index contributed by atoms with van der Waals surface area (Å²) in [7, 11) is -4.21. The highest BCUT2D eigenvalue weighted by molar-refractivity contribution is 7.00. The van der Waals surface area contributed by atoms with Gasteiger partial charge >= 0.3 is 5.97 Å². The summed E-state index contributed by atoms with van der Waals surface area (Å²) in [6.07, 6.45) is 2.24. The van der Waals surface area contributed by atoms with E-state index in [1.807, 2.05) is 76.2 Å². The Hall–Kier alpha value is -4.00. The molecular weight excluding hydrogens is 763 g/mol. The first-order chi connectivity index (χ1) is 26.3. The lowest BCUT2D eigenvalue weighted by Gasteiger charge is -2.45. The van der Waals surface area contributed by atoms with Gasteiger partial charge in [-0.15, -0.1) is 0 Å². The van der Waals surface area contributed by atoms with Crippen LogP contribution in [0.15, 0.2) is 145 Å². The Morgan fingerprint density at radius 2 is 0.862 bits per heavy atom. The molecule has 0 aliphatic rings. The van der Waals surface area contributed by atoms with Crippen LogP contribution in [-0.2, 0) is 18.4 Å². The van der Waals surface area contributed by atoms with Crippen molar-refractivity contribution >= 4 is 43.4 Å². The normalized spacial score (nSPS) is 14.7. The Bertz CT molecular complexity index is 1760. The van der Waals surface area contributed by atoms with Crippen LogP contribution in [0.5, 0.6) is 0 Å². The molecule has 0 heterocycles. The van der Waals surface area contributed by atoms with Crippen molar-refractivity contribution in [2.75, 3.05) is 13.7 Å². The number of esters is 1. The monoisotopic (exact) mass is 832 g/mol. The third-order valence-corrected chi connectivity index (χ3v) is 20.7. The number of aliphatic hydroxyl groups is 1. The fourth-order valence-corrected chi connectivity index (χ4v) is 16.7. The standard InChI is InChI=1S/C24H31FO3Si.C23H31FO2Si.2CH4/c1-18(17-22(25)23(26)27-6)19(2)28-29(24(3,4)5,20-13-9-7-10-14-20)21-15-11-8-12-16-21;1-18(16-20(24)17-25)19(2)26-27(23(3,4)5,21-12-8-6-9-13-21)22-14-10-7-11-15-22;;/h7-19H,1-6H3;6-16,18-19,25H,17H2,1-5H3;2*1H4/b22-17+;20-16+;;/t2*18-,19+;;/m11../s1. The Morgan fingerprint density at radius 1 is 0.586 bits per heavy atom. The lowest BCUT2D eigenvalue weighted by atomic mass is 10.1. The van der Waals surface area contributed by atoms with E-state index >= 15 is 0 Å². The quantitative estimate of drug-likeness (QED) is 0.0779. The molecule has 0 fully saturated rings. The van der Waals surface area contributed by atoms with Crippen molar-refractivity contribution in [3.63, 3.8) is 0 Å². The fourth-order valence-electron chi connectivity index (χ4n) is 7.16. The van der Waals surface area contributed by atoms with Gasteiger partial charge in [0.25, 0.3) is 16.6 Å². The van der Waals surface area contributed by atoms with Crippen LogP contribution in [0.4, 0.5) is 8.78 Å². The number of aliphatic hydroxyl groups excluding tert-OH is 1. The Balaban J connectivity index is 0.000000562. The van der Waals surface area contributed by atoms with Gasteiger partial charge in [0.05, 0.1) is 13.7 Å². The van der Waals surface area contributed by atoms with Crippen molar-refractivity contribution in [2.45, 2.75) is 106 Å². The van der Waals surface area contributed by atoms with Crippen LogP contribution in [0.1, 0.15) is 84.1 Å². The zero-order valence-corrected chi connectivity index (χ0v) is 37.1. The highest BCUT2D eigenvalue weighted by Gasteiger charge is 2.52. The molecular formula is C49H70F2O5Si2. The molecule has 58 heavy (non-hydrogen) atoms.